The summed E-state index contributed by atoms with van der Waals surface area (Å²) in [5.74, 6) is 0.529. The topological polar surface area (TPSA) is 38.3 Å². The Morgan fingerprint density at radius 3 is 2.04 bits per heavy atom. The van der Waals surface area contributed by atoms with Crippen molar-refractivity contribution < 1.29 is 9.53 Å². The van der Waals surface area contributed by atoms with Crippen LogP contribution in [-0.2, 0) is 4.74 Å². The summed E-state index contributed by atoms with van der Waals surface area (Å²) in [6.45, 7) is 21.4. The average molecular weight is 362 g/mol. The minimum absolute atomic E-state index is 0.143. The summed E-state index contributed by atoms with van der Waals surface area (Å²) in [5.41, 5.74) is 0.570. The van der Waals surface area contributed by atoms with Crippen LogP contribution in [0.1, 0.15) is 46.2 Å². The predicted octanol–water partition coefficient (Wildman–Crippen LogP) is 5.96. The van der Waals surface area contributed by atoms with Gasteiger partial charge in [-0.2, -0.15) is 0 Å². The number of carbonyl (C=O) groups excluding carboxylic acids is 1. The Hall–Kier alpha value is -1.55. The monoisotopic (exact) mass is 361 g/mol. The number of nitrogens with one attached hydrogen (secondary N) is 1. The number of carbonyl (C=O) groups is 1. The van der Waals surface area contributed by atoms with Crippen molar-refractivity contribution in [2.45, 2.75) is 65.9 Å². The summed E-state index contributed by atoms with van der Waals surface area (Å²) < 4.78 is 5.52. The fraction of sp³-hybridized carbons (Fsp3) is 0.571. The van der Waals surface area contributed by atoms with Crippen LogP contribution in [-0.4, -0.2) is 19.8 Å². The van der Waals surface area contributed by atoms with Crippen LogP contribution in [0.4, 0.5) is 4.79 Å². The van der Waals surface area contributed by atoms with E-state index in [0.717, 1.165) is 5.56 Å². The van der Waals surface area contributed by atoms with E-state index in [-0.39, 0.29) is 18.1 Å². The molecule has 0 radical (unpaired) electrons. The van der Waals surface area contributed by atoms with Gasteiger partial charge in [0.2, 0.25) is 0 Å². The Balaban J connectivity index is 3.25. The zero-order chi connectivity index (χ0) is 19.4. The van der Waals surface area contributed by atoms with Gasteiger partial charge in [-0.3, -0.25) is 0 Å². The fourth-order valence-corrected chi connectivity index (χ4v) is 4.46. The average Bonchev–Trinajstić information content (AvgIpc) is 2.44. The van der Waals surface area contributed by atoms with E-state index in [1.54, 1.807) is 0 Å². The predicted molar refractivity (Wildman–Crippen MR) is 109 cm³/mol. The maximum atomic E-state index is 12.5. The minimum atomic E-state index is -1.57. The lowest BCUT2D eigenvalue weighted by atomic mass is 9.84. The molecule has 1 rings (SSSR count). The molecule has 3 nitrogen and oxygen atoms in total. The third kappa shape index (κ3) is 6.69. The molecule has 0 aliphatic carbocycles. The standard InChI is InChI=1S/C21H35NO2Si/c1-15(2)18(16(3)25(7,8)9)19(17-13-11-10-12-14-17)22-20(23)24-21(4,5)6/h10-15,18-19H,3H2,1-2,4-9H3,(H,22,23)/t18-,19-/m1/s1. The lowest BCUT2D eigenvalue weighted by Crippen LogP contribution is -2.42. The molecule has 0 heterocycles. The van der Waals surface area contributed by atoms with Gasteiger partial charge < -0.3 is 10.1 Å². The second kappa shape index (κ2) is 8.22. The number of ether oxygens (including phenoxy) is 1. The first kappa shape index (κ1) is 21.5. The molecule has 0 aliphatic rings. The van der Waals surface area contributed by atoms with E-state index >= 15 is 0 Å². The number of hydrogen-bond donors (Lipinski definition) is 1. The lowest BCUT2D eigenvalue weighted by Gasteiger charge is -2.37. The molecule has 1 aromatic rings. The number of alkyl carbamates (subject to hydrolysis) is 1. The highest BCUT2D eigenvalue weighted by Crippen LogP contribution is 2.37. The molecule has 0 saturated heterocycles. The zero-order valence-electron chi connectivity index (χ0n) is 17.1. The highest BCUT2D eigenvalue weighted by atomic mass is 28.3. The maximum absolute atomic E-state index is 12.5. The molecule has 1 aromatic carbocycles. The first-order valence-electron chi connectivity index (χ1n) is 9.06. The van der Waals surface area contributed by atoms with Crippen molar-refractivity contribution in [3.63, 3.8) is 0 Å². The van der Waals surface area contributed by atoms with E-state index in [1.807, 2.05) is 39.0 Å². The Labute approximate surface area is 154 Å². The number of rotatable bonds is 6. The molecule has 0 unspecified atom stereocenters. The fourth-order valence-electron chi connectivity index (χ4n) is 2.96. The first-order valence-corrected chi connectivity index (χ1v) is 12.6. The summed E-state index contributed by atoms with van der Waals surface area (Å²) in [6.07, 6.45) is -0.379. The van der Waals surface area contributed by atoms with Crippen molar-refractivity contribution in [2.24, 2.45) is 11.8 Å². The van der Waals surface area contributed by atoms with Crippen molar-refractivity contribution in [3.05, 3.63) is 47.7 Å². The van der Waals surface area contributed by atoms with E-state index in [9.17, 15) is 4.79 Å². The van der Waals surface area contributed by atoms with Crippen molar-refractivity contribution in [2.75, 3.05) is 0 Å². The summed E-state index contributed by atoms with van der Waals surface area (Å²) in [4.78, 5) is 12.5. The summed E-state index contributed by atoms with van der Waals surface area (Å²) in [7, 11) is -1.57. The van der Waals surface area contributed by atoms with Crippen LogP contribution in [0.2, 0.25) is 19.6 Å². The molecular formula is C21H35NO2Si. The van der Waals surface area contributed by atoms with Gasteiger partial charge in [-0.05, 0) is 32.3 Å². The van der Waals surface area contributed by atoms with E-state index < -0.39 is 13.7 Å². The van der Waals surface area contributed by atoms with Crippen molar-refractivity contribution in [1.82, 2.24) is 5.32 Å². The molecule has 0 bridgehead atoms. The smallest absolute Gasteiger partial charge is 0.408 e. The highest BCUT2D eigenvalue weighted by Gasteiger charge is 2.35. The minimum Gasteiger partial charge on any atom is -0.444 e. The second-order valence-electron chi connectivity index (χ2n) is 9.08. The third-order valence-corrected chi connectivity index (χ3v) is 6.53. The van der Waals surface area contributed by atoms with Crippen molar-refractivity contribution >= 4 is 14.2 Å². The molecule has 25 heavy (non-hydrogen) atoms. The van der Waals surface area contributed by atoms with Gasteiger partial charge in [-0.25, -0.2) is 4.79 Å². The summed E-state index contributed by atoms with van der Waals surface area (Å²) >= 11 is 0. The van der Waals surface area contributed by atoms with Crippen LogP contribution in [0.25, 0.3) is 0 Å². The normalized spacial score (nSPS) is 14.8. The number of amides is 1. The molecule has 0 saturated carbocycles. The lowest BCUT2D eigenvalue weighted by molar-refractivity contribution is 0.0484. The molecule has 0 fully saturated rings. The van der Waals surface area contributed by atoms with Crippen LogP contribution in [0.5, 0.6) is 0 Å². The van der Waals surface area contributed by atoms with E-state index in [4.69, 9.17) is 4.74 Å². The van der Waals surface area contributed by atoms with E-state index in [2.05, 4.69) is 57.5 Å². The van der Waals surface area contributed by atoms with Gasteiger partial charge in [-0.15, -0.1) is 6.58 Å². The SMILES string of the molecule is C=C([C@@H](C(C)C)[C@H](NC(=O)OC(C)(C)C)c1ccccc1)[Si](C)(C)C. The molecular weight excluding hydrogens is 326 g/mol. The molecule has 0 aromatic heterocycles. The van der Waals surface area contributed by atoms with Gasteiger partial charge in [0.1, 0.15) is 5.60 Å². The first-order chi connectivity index (χ1) is 11.3. The Morgan fingerprint density at radius 2 is 1.64 bits per heavy atom. The number of benzene rings is 1. The summed E-state index contributed by atoms with van der Waals surface area (Å²) in [5, 5.41) is 4.40. The third-order valence-electron chi connectivity index (χ3n) is 4.27. The van der Waals surface area contributed by atoms with Gasteiger partial charge in [0.15, 0.2) is 0 Å². The van der Waals surface area contributed by atoms with Crippen molar-refractivity contribution in [1.29, 1.82) is 0 Å². The molecule has 0 aliphatic heterocycles. The molecule has 4 heteroatoms. The molecule has 140 valence electrons. The number of hydrogen-bond acceptors (Lipinski definition) is 2. The van der Waals surface area contributed by atoms with Gasteiger partial charge in [0.05, 0.1) is 14.1 Å². The van der Waals surface area contributed by atoms with Crippen LogP contribution < -0.4 is 5.32 Å². The highest BCUT2D eigenvalue weighted by molar-refractivity contribution is 6.83. The quantitative estimate of drug-likeness (QED) is 0.635. The second-order valence-corrected chi connectivity index (χ2v) is 14.2. The van der Waals surface area contributed by atoms with Gasteiger partial charge in [0.25, 0.3) is 0 Å². The van der Waals surface area contributed by atoms with Gasteiger partial charge in [0, 0.05) is 5.92 Å². The van der Waals surface area contributed by atoms with Crippen LogP contribution in [0.3, 0.4) is 0 Å². The molecule has 1 amide bonds. The zero-order valence-corrected chi connectivity index (χ0v) is 18.1. The Morgan fingerprint density at radius 1 is 1.12 bits per heavy atom. The maximum Gasteiger partial charge on any atom is 0.408 e. The largest absolute Gasteiger partial charge is 0.444 e. The summed E-state index contributed by atoms with van der Waals surface area (Å²) in [6, 6.07) is 9.99. The van der Waals surface area contributed by atoms with Gasteiger partial charge in [-0.1, -0.05) is 69.0 Å². The molecule has 0 spiro atoms. The van der Waals surface area contributed by atoms with Crippen LogP contribution in [0.15, 0.2) is 42.1 Å². The Bertz CT molecular complexity index is 582. The van der Waals surface area contributed by atoms with Gasteiger partial charge >= 0.3 is 6.09 Å². The van der Waals surface area contributed by atoms with E-state index in [1.165, 1.54) is 5.20 Å². The molecule has 2 atom stereocenters. The van der Waals surface area contributed by atoms with Crippen LogP contribution in [0, 0.1) is 11.8 Å². The van der Waals surface area contributed by atoms with Crippen LogP contribution >= 0.6 is 0 Å². The van der Waals surface area contributed by atoms with E-state index in [0.29, 0.717) is 5.92 Å². The van der Waals surface area contributed by atoms with Crippen molar-refractivity contribution in [3.8, 4) is 0 Å². The molecule has 1 N–H and O–H groups in total. The Kier molecular flexibility index (Phi) is 7.06.